The predicted molar refractivity (Wildman–Crippen MR) is 96.1 cm³/mol. The van der Waals surface area contributed by atoms with Gasteiger partial charge in [-0.25, -0.2) is 0 Å². The largest absolute Gasteiger partial charge is 0.497 e. The summed E-state index contributed by atoms with van der Waals surface area (Å²) in [6, 6.07) is 13.7. The maximum atomic E-state index is 12.7. The monoisotopic (exact) mass is 350 g/mol. The van der Waals surface area contributed by atoms with Gasteiger partial charge >= 0.3 is 0 Å². The Morgan fingerprint density at radius 2 is 2.12 bits per heavy atom. The van der Waals surface area contributed by atoms with Crippen LogP contribution in [-0.4, -0.2) is 36.6 Å². The molecule has 6 nitrogen and oxygen atoms in total. The molecule has 0 radical (unpaired) electrons. The van der Waals surface area contributed by atoms with Crippen LogP contribution in [0.5, 0.6) is 11.5 Å². The highest BCUT2D eigenvalue weighted by atomic mass is 16.5. The second kappa shape index (κ2) is 5.49. The highest BCUT2D eigenvalue weighted by molar-refractivity contribution is 6.00. The Balaban J connectivity index is 1.43. The maximum Gasteiger partial charge on any atom is 0.298 e. The minimum atomic E-state index is -0.528. The van der Waals surface area contributed by atoms with E-state index in [9.17, 15) is 4.79 Å². The Hall–Kier alpha value is -3.02. The van der Waals surface area contributed by atoms with E-state index in [0.717, 1.165) is 24.1 Å². The van der Waals surface area contributed by atoms with Crippen molar-refractivity contribution in [3.63, 3.8) is 0 Å². The third kappa shape index (κ3) is 2.33. The summed E-state index contributed by atoms with van der Waals surface area (Å²) in [4.78, 5) is 19.3. The number of ketones is 1. The second-order valence-electron chi connectivity index (χ2n) is 6.88. The molecule has 3 heterocycles. The first-order valence-corrected chi connectivity index (χ1v) is 8.67. The molecule has 0 N–H and O–H groups in total. The molecule has 0 amide bonds. The first kappa shape index (κ1) is 15.3. The molecule has 0 bridgehead atoms. The molecule has 5 rings (SSSR count). The summed E-state index contributed by atoms with van der Waals surface area (Å²) in [5.41, 5.74) is 1.66. The molecule has 132 valence electrons. The SMILES string of the molecule is COc1ccc2c(c1)C(=O)CC1(CCN(c3nc4ccccc4o3)C1)O2. The summed E-state index contributed by atoms with van der Waals surface area (Å²) in [6.07, 6.45) is 1.10. The Bertz CT molecular complexity index is 979. The molecule has 1 saturated heterocycles. The maximum absolute atomic E-state index is 12.7. The van der Waals surface area contributed by atoms with Crippen molar-refractivity contribution in [1.82, 2.24) is 4.98 Å². The second-order valence-corrected chi connectivity index (χ2v) is 6.88. The molecule has 1 atom stereocenters. The van der Waals surface area contributed by atoms with Gasteiger partial charge in [-0.1, -0.05) is 12.1 Å². The van der Waals surface area contributed by atoms with E-state index >= 15 is 0 Å². The Labute approximate surface area is 150 Å². The van der Waals surface area contributed by atoms with Crippen LogP contribution >= 0.6 is 0 Å². The lowest BCUT2D eigenvalue weighted by molar-refractivity contribution is 0.0536. The van der Waals surface area contributed by atoms with Crippen LogP contribution in [0.15, 0.2) is 46.9 Å². The van der Waals surface area contributed by atoms with Crippen molar-refractivity contribution >= 4 is 22.9 Å². The summed E-state index contributed by atoms with van der Waals surface area (Å²) in [7, 11) is 1.59. The lowest BCUT2D eigenvalue weighted by atomic mass is 9.89. The smallest absolute Gasteiger partial charge is 0.298 e. The van der Waals surface area contributed by atoms with Gasteiger partial charge < -0.3 is 18.8 Å². The van der Waals surface area contributed by atoms with Crippen molar-refractivity contribution in [2.24, 2.45) is 0 Å². The number of fused-ring (bicyclic) bond motifs is 2. The van der Waals surface area contributed by atoms with Crippen LogP contribution in [0.25, 0.3) is 11.1 Å². The molecule has 2 aliphatic heterocycles. The van der Waals surface area contributed by atoms with Gasteiger partial charge in [-0.05, 0) is 30.3 Å². The van der Waals surface area contributed by atoms with Gasteiger partial charge in [-0.15, -0.1) is 0 Å². The Morgan fingerprint density at radius 3 is 2.96 bits per heavy atom. The van der Waals surface area contributed by atoms with Gasteiger partial charge in [-0.2, -0.15) is 4.98 Å². The normalized spacial score (nSPS) is 21.9. The summed E-state index contributed by atoms with van der Waals surface area (Å²) < 4.78 is 17.4. The van der Waals surface area contributed by atoms with Crippen LogP contribution in [0, 0.1) is 0 Å². The fourth-order valence-electron chi connectivity index (χ4n) is 3.83. The van der Waals surface area contributed by atoms with Gasteiger partial charge in [0, 0.05) is 13.0 Å². The number of hydrogen-bond donors (Lipinski definition) is 0. The molecule has 3 aromatic rings. The molecule has 0 saturated carbocycles. The molecule has 6 heteroatoms. The summed E-state index contributed by atoms with van der Waals surface area (Å²) in [5, 5.41) is 0. The number of anilines is 1. The van der Waals surface area contributed by atoms with Crippen molar-refractivity contribution in [1.29, 1.82) is 0 Å². The number of carbonyl (C=O) groups excluding carboxylic acids is 1. The molecule has 26 heavy (non-hydrogen) atoms. The van der Waals surface area contributed by atoms with Crippen LogP contribution in [0.4, 0.5) is 6.01 Å². The number of para-hydroxylation sites is 2. The molecule has 1 fully saturated rings. The summed E-state index contributed by atoms with van der Waals surface area (Å²) in [6.45, 7) is 1.32. The van der Waals surface area contributed by atoms with E-state index in [0.29, 0.717) is 36.0 Å². The quantitative estimate of drug-likeness (QED) is 0.705. The number of methoxy groups -OCH3 is 1. The van der Waals surface area contributed by atoms with Crippen LogP contribution in [0.3, 0.4) is 0 Å². The van der Waals surface area contributed by atoms with Crippen molar-refractivity contribution in [2.45, 2.75) is 18.4 Å². The number of benzene rings is 2. The minimum absolute atomic E-state index is 0.0876. The fourth-order valence-corrected chi connectivity index (χ4v) is 3.83. The summed E-state index contributed by atoms with van der Waals surface area (Å²) >= 11 is 0. The lowest BCUT2D eigenvalue weighted by Crippen LogP contribution is -2.44. The number of aromatic nitrogens is 1. The van der Waals surface area contributed by atoms with Gasteiger partial charge in [0.2, 0.25) is 0 Å². The Kier molecular flexibility index (Phi) is 3.22. The van der Waals surface area contributed by atoms with Crippen molar-refractivity contribution in [2.75, 3.05) is 25.1 Å². The van der Waals surface area contributed by atoms with Gasteiger partial charge in [0.25, 0.3) is 6.01 Å². The zero-order chi connectivity index (χ0) is 17.7. The fraction of sp³-hybridized carbons (Fsp3) is 0.300. The molecular formula is C20H18N2O4. The van der Waals surface area contributed by atoms with E-state index in [2.05, 4.69) is 9.88 Å². The van der Waals surface area contributed by atoms with Crippen LogP contribution in [0.2, 0.25) is 0 Å². The first-order valence-electron chi connectivity index (χ1n) is 8.67. The van der Waals surface area contributed by atoms with Crippen LogP contribution in [0.1, 0.15) is 23.2 Å². The topological polar surface area (TPSA) is 64.8 Å². The van der Waals surface area contributed by atoms with Crippen LogP contribution in [-0.2, 0) is 0 Å². The van der Waals surface area contributed by atoms with E-state index in [1.54, 1.807) is 13.2 Å². The number of oxazole rings is 1. The van der Waals surface area contributed by atoms with Gasteiger partial charge in [0.1, 0.15) is 22.6 Å². The van der Waals surface area contributed by atoms with Crippen LogP contribution < -0.4 is 14.4 Å². The van der Waals surface area contributed by atoms with Crippen molar-refractivity contribution < 1.29 is 18.7 Å². The Morgan fingerprint density at radius 1 is 1.23 bits per heavy atom. The minimum Gasteiger partial charge on any atom is -0.497 e. The van der Waals surface area contributed by atoms with Gasteiger partial charge in [0.05, 0.1) is 25.6 Å². The highest BCUT2D eigenvalue weighted by Gasteiger charge is 2.47. The number of ether oxygens (including phenoxy) is 2. The third-order valence-corrected chi connectivity index (χ3v) is 5.17. The summed E-state index contributed by atoms with van der Waals surface area (Å²) in [5.74, 6) is 1.38. The number of hydrogen-bond acceptors (Lipinski definition) is 6. The van der Waals surface area contributed by atoms with Gasteiger partial charge in [0.15, 0.2) is 11.4 Å². The molecule has 1 aromatic heterocycles. The standard InChI is InChI=1S/C20H18N2O4/c1-24-13-6-7-17-14(10-13)16(23)11-20(26-17)8-9-22(12-20)19-21-15-4-2-3-5-18(15)25-19/h2-7,10H,8-9,11-12H2,1H3. The third-order valence-electron chi connectivity index (χ3n) is 5.17. The van der Waals surface area contributed by atoms with E-state index in [4.69, 9.17) is 13.9 Å². The molecule has 2 aliphatic rings. The molecular weight excluding hydrogens is 332 g/mol. The molecule has 1 spiro atoms. The van der Waals surface area contributed by atoms with Crippen molar-refractivity contribution in [3.8, 4) is 11.5 Å². The lowest BCUT2D eigenvalue weighted by Gasteiger charge is -2.34. The average Bonchev–Trinajstić information content (AvgIpc) is 3.25. The first-order chi connectivity index (χ1) is 12.7. The van der Waals surface area contributed by atoms with E-state index in [1.165, 1.54) is 0 Å². The zero-order valence-electron chi connectivity index (χ0n) is 14.4. The van der Waals surface area contributed by atoms with Gasteiger partial charge in [-0.3, -0.25) is 4.79 Å². The predicted octanol–water partition coefficient (Wildman–Crippen LogP) is 3.45. The molecule has 2 aromatic carbocycles. The number of Topliss-reactive ketones (excluding diaryl/α,β-unsaturated/α-hetero) is 1. The zero-order valence-corrected chi connectivity index (χ0v) is 14.4. The van der Waals surface area contributed by atoms with E-state index in [-0.39, 0.29) is 5.78 Å². The average molecular weight is 350 g/mol. The van der Waals surface area contributed by atoms with E-state index in [1.807, 2.05) is 36.4 Å². The number of nitrogens with zero attached hydrogens (tertiary/aromatic N) is 2. The van der Waals surface area contributed by atoms with Crippen molar-refractivity contribution in [3.05, 3.63) is 48.0 Å². The number of rotatable bonds is 2. The number of carbonyl (C=O) groups is 1. The molecule has 0 aliphatic carbocycles. The molecule has 1 unspecified atom stereocenters. The highest BCUT2D eigenvalue weighted by Crippen LogP contribution is 2.41. The van der Waals surface area contributed by atoms with E-state index < -0.39 is 5.60 Å².